The molecule has 1 aromatic heterocycles. The van der Waals surface area contributed by atoms with Crippen molar-refractivity contribution in [1.29, 1.82) is 0 Å². The van der Waals surface area contributed by atoms with Crippen LogP contribution in [0.25, 0.3) is 10.2 Å². The summed E-state index contributed by atoms with van der Waals surface area (Å²) in [6, 6.07) is 13.0. The van der Waals surface area contributed by atoms with Crippen molar-refractivity contribution < 1.29 is 9.90 Å². The molecule has 3 rings (SSSR count). The lowest BCUT2D eigenvalue weighted by Gasteiger charge is -2.16. The first-order chi connectivity index (χ1) is 10.5. The van der Waals surface area contributed by atoms with Crippen molar-refractivity contribution in [1.82, 2.24) is 9.88 Å². The monoisotopic (exact) mass is 312 g/mol. The van der Waals surface area contributed by atoms with Crippen LogP contribution in [0.3, 0.4) is 0 Å². The number of phenols is 1. The zero-order valence-electron chi connectivity index (χ0n) is 12.4. The maximum Gasteiger partial charge on any atom is 0.257 e. The fourth-order valence-electron chi connectivity index (χ4n) is 2.29. The van der Waals surface area contributed by atoms with Crippen LogP contribution in [0.1, 0.15) is 20.9 Å². The molecule has 1 amide bonds. The Bertz CT molecular complexity index is 809. The molecule has 0 aliphatic heterocycles. The topological polar surface area (TPSA) is 53.4 Å². The van der Waals surface area contributed by atoms with Crippen LogP contribution < -0.4 is 0 Å². The smallest absolute Gasteiger partial charge is 0.257 e. The van der Waals surface area contributed by atoms with Crippen LogP contribution >= 0.6 is 11.3 Å². The Morgan fingerprint density at radius 2 is 2.05 bits per heavy atom. The van der Waals surface area contributed by atoms with Gasteiger partial charge in [-0.05, 0) is 36.8 Å². The average molecular weight is 312 g/mol. The highest BCUT2D eigenvalue weighted by atomic mass is 32.1. The van der Waals surface area contributed by atoms with E-state index in [2.05, 4.69) is 4.98 Å². The second-order valence-corrected chi connectivity index (χ2v) is 6.37. The van der Waals surface area contributed by atoms with Gasteiger partial charge in [0.1, 0.15) is 10.8 Å². The molecular formula is C17H16N2O2S. The molecule has 4 nitrogen and oxygen atoms in total. The summed E-state index contributed by atoms with van der Waals surface area (Å²) < 4.78 is 1.11. The van der Waals surface area contributed by atoms with E-state index in [1.54, 1.807) is 35.4 Å². The highest BCUT2D eigenvalue weighted by molar-refractivity contribution is 7.18. The lowest BCUT2D eigenvalue weighted by Crippen LogP contribution is -2.26. The molecule has 0 unspecified atom stereocenters. The summed E-state index contributed by atoms with van der Waals surface area (Å²) >= 11 is 1.58. The molecule has 0 spiro atoms. The van der Waals surface area contributed by atoms with Crippen LogP contribution in [0.5, 0.6) is 5.75 Å². The first-order valence-corrected chi connectivity index (χ1v) is 7.76. The minimum absolute atomic E-state index is 0.0150. The van der Waals surface area contributed by atoms with E-state index < -0.39 is 0 Å². The van der Waals surface area contributed by atoms with Crippen molar-refractivity contribution in [3.63, 3.8) is 0 Å². The number of phenolic OH excluding ortho intramolecular Hbond substituents is 1. The number of fused-ring (bicyclic) bond motifs is 1. The molecule has 0 saturated heterocycles. The van der Waals surface area contributed by atoms with Gasteiger partial charge in [0.25, 0.3) is 5.91 Å². The zero-order valence-corrected chi connectivity index (χ0v) is 13.2. The molecule has 0 atom stereocenters. The summed E-state index contributed by atoms with van der Waals surface area (Å²) in [6.07, 6.45) is 0. The van der Waals surface area contributed by atoms with Gasteiger partial charge in [-0.15, -0.1) is 11.3 Å². The minimum atomic E-state index is -0.211. The molecule has 2 aromatic carbocycles. The molecule has 5 heteroatoms. The highest BCUT2D eigenvalue weighted by Gasteiger charge is 2.17. The second-order valence-electron chi connectivity index (χ2n) is 5.26. The molecule has 0 radical (unpaired) electrons. The number of benzene rings is 2. The fourth-order valence-corrected chi connectivity index (χ4v) is 3.31. The third-order valence-corrected chi connectivity index (χ3v) is 4.46. The minimum Gasteiger partial charge on any atom is -0.507 e. The van der Waals surface area contributed by atoms with Crippen LogP contribution in [-0.2, 0) is 6.54 Å². The van der Waals surface area contributed by atoms with Gasteiger partial charge in [0.2, 0.25) is 0 Å². The summed E-state index contributed by atoms with van der Waals surface area (Å²) in [5, 5.41) is 10.8. The standard InChI is InChI=1S/C17H16N2O2S/c1-11-7-8-12(14(20)9-11)17(21)19(2)10-16-18-13-5-3-4-6-15(13)22-16/h3-9,20H,10H2,1-2H3. The molecule has 3 aromatic rings. The highest BCUT2D eigenvalue weighted by Crippen LogP contribution is 2.24. The van der Waals surface area contributed by atoms with Gasteiger partial charge >= 0.3 is 0 Å². The number of carbonyl (C=O) groups excluding carboxylic acids is 1. The molecule has 0 saturated carbocycles. The summed E-state index contributed by atoms with van der Waals surface area (Å²) in [5.74, 6) is -0.196. The molecule has 0 aliphatic carbocycles. The Morgan fingerprint density at radius 3 is 2.77 bits per heavy atom. The van der Waals surface area contributed by atoms with Gasteiger partial charge in [0.15, 0.2) is 0 Å². The summed E-state index contributed by atoms with van der Waals surface area (Å²) in [4.78, 5) is 18.5. The van der Waals surface area contributed by atoms with Crippen molar-refractivity contribution >= 4 is 27.5 Å². The van der Waals surface area contributed by atoms with Crippen molar-refractivity contribution in [2.24, 2.45) is 0 Å². The predicted octanol–water partition coefficient (Wildman–Crippen LogP) is 3.58. The Balaban J connectivity index is 1.81. The van der Waals surface area contributed by atoms with Crippen LogP contribution in [0.15, 0.2) is 42.5 Å². The number of nitrogens with zero attached hydrogens (tertiary/aromatic N) is 2. The van der Waals surface area contributed by atoms with E-state index in [1.165, 1.54) is 0 Å². The number of rotatable bonds is 3. The van der Waals surface area contributed by atoms with Crippen molar-refractivity contribution in [2.75, 3.05) is 7.05 Å². The molecular weight excluding hydrogens is 296 g/mol. The van der Waals surface area contributed by atoms with E-state index in [-0.39, 0.29) is 11.7 Å². The first kappa shape index (κ1) is 14.5. The van der Waals surface area contributed by atoms with Crippen molar-refractivity contribution in [3.8, 4) is 5.75 Å². The number of aryl methyl sites for hydroxylation is 1. The van der Waals surface area contributed by atoms with Gasteiger partial charge in [-0.2, -0.15) is 0 Å². The Hall–Kier alpha value is -2.40. The molecule has 1 N–H and O–H groups in total. The Labute approximate surface area is 132 Å². The predicted molar refractivity (Wildman–Crippen MR) is 88.3 cm³/mol. The third kappa shape index (κ3) is 2.80. The lowest BCUT2D eigenvalue weighted by molar-refractivity contribution is 0.0782. The maximum atomic E-state index is 12.4. The SMILES string of the molecule is Cc1ccc(C(=O)N(C)Cc2nc3ccccc3s2)c(O)c1. The Kier molecular flexibility index (Phi) is 3.81. The molecule has 0 fully saturated rings. The van der Waals surface area contributed by atoms with Crippen molar-refractivity contribution in [3.05, 3.63) is 58.6 Å². The average Bonchev–Trinajstić information content (AvgIpc) is 2.88. The van der Waals surface area contributed by atoms with E-state index in [0.717, 1.165) is 20.8 Å². The quantitative estimate of drug-likeness (QED) is 0.804. The molecule has 0 bridgehead atoms. The number of thiazole rings is 1. The van der Waals surface area contributed by atoms with E-state index in [9.17, 15) is 9.90 Å². The number of aromatic nitrogens is 1. The van der Waals surface area contributed by atoms with Gasteiger partial charge in [-0.1, -0.05) is 18.2 Å². The van der Waals surface area contributed by atoms with E-state index >= 15 is 0 Å². The largest absolute Gasteiger partial charge is 0.507 e. The van der Waals surface area contributed by atoms with Gasteiger partial charge in [-0.25, -0.2) is 4.98 Å². The van der Waals surface area contributed by atoms with Crippen molar-refractivity contribution in [2.45, 2.75) is 13.5 Å². The van der Waals surface area contributed by atoms with Gasteiger partial charge < -0.3 is 10.0 Å². The summed E-state index contributed by atoms with van der Waals surface area (Å²) in [6.45, 7) is 2.30. The molecule has 112 valence electrons. The molecule has 0 aliphatic rings. The van der Waals surface area contributed by atoms with Crippen LogP contribution in [-0.4, -0.2) is 27.9 Å². The van der Waals surface area contributed by atoms with Crippen LogP contribution in [0, 0.1) is 6.92 Å². The number of hydrogen-bond donors (Lipinski definition) is 1. The summed E-state index contributed by atoms with van der Waals surface area (Å²) in [7, 11) is 1.72. The van der Waals surface area contributed by atoms with Gasteiger partial charge in [-0.3, -0.25) is 4.79 Å². The van der Waals surface area contributed by atoms with E-state index in [4.69, 9.17) is 0 Å². The van der Waals surface area contributed by atoms with Gasteiger partial charge in [0.05, 0.1) is 22.3 Å². The Morgan fingerprint density at radius 1 is 1.27 bits per heavy atom. The van der Waals surface area contributed by atoms with E-state index in [1.807, 2.05) is 37.3 Å². The van der Waals surface area contributed by atoms with Crippen LogP contribution in [0.2, 0.25) is 0 Å². The zero-order chi connectivity index (χ0) is 15.7. The van der Waals surface area contributed by atoms with Gasteiger partial charge in [0, 0.05) is 7.05 Å². The fraction of sp³-hybridized carbons (Fsp3) is 0.176. The molecule has 1 heterocycles. The summed E-state index contributed by atoms with van der Waals surface area (Å²) in [5.41, 5.74) is 2.18. The normalized spacial score (nSPS) is 10.8. The number of aromatic hydroxyl groups is 1. The van der Waals surface area contributed by atoms with E-state index in [0.29, 0.717) is 12.1 Å². The maximum absolute atomic E-state index is 12.4. The third-order valence-electron chi connectivity index (χ3n) is 3.44. The first-order valence-electron chi connectivity index (χ1n) is 6.94. The van der Waals surface area contributed by atoms with Crippen LogP contribution in [0.4, 0.5) is 0 Å². The second kappa shape index (κ2) is 5.77. The number of carbonyl (C=O) groups is 1. The molecule has 22 heavy (non-hydrogen) atoms. The lowest BCUT2D eigenvalue weighted by atomic mass is 10.1. The number of amides is 1. The number of para-hydroxylation sites is 1. The number of hydrogen-bond acceptors (Lipinski definition) is 4.